The minimum absolute atomic E-state index is 0.464. The SMILES string of the molecule is CCCCC(NCCC)c1cc(C)nn1C. The molecule has 0 saturated heterocycles. The molecule has 16 heavy (non-hydrogen) atoms. The number of aromatic nitrogens is 2. The number of nitrogens with zero attached hydrogens (tertiary/aromatic N) is 2. The third kappa shape index (κ3) is 3.63. The molecule has 0 aliphatic rings. The van der Waals surface area contributed by atoms with E-state index in [0.29, 0.717) is 6.04 Å². The van der Waals surface area contributed by atoms with Crippen LogP contribution >= 0.6 is 0 Å². The van der Waals surface area contributed by atoms with Crippen LogP contribution in [0.1, 0.15) is 57.0 Å². The Morgan fingerprint density at radius 1 is 1.38 bits per heavy atom. The topological polar surface area (TPSA) is 29.9 Å². The van der Waals surface area contributed by atoms with Crippen molar-refractivity contribution in [2.45, 2.75) is 52.5 Å². The average molecular weight is 223 g/mol. The highest BCUT2D eigenvalue weighted by Crippen LogP contribution is 2.19. The van der Waals surface area contributed by atoms with Gasteiger partial charge in [0.2, 0.25) is 0 Å². The number of unbranched alkanes of at least 4 members (excludes halogenated alkanes) is 1. The van der Waals surface area contributed by atoms with Crippen molar-refractivity contribution >= 4 is 0 Å². The van der Waals surface area contributed by atoms with Crippen molar-refractivity contribution in [2.24, 2.45) is 7.05 Å². The molecule has 0 aromatic carbocycles. The molecule has 0 radical (unpaired) electrons. The van der Waals surface area contributed by atoms with Crippen LogP contribution < -0.4 is 5.32 Å². The van der Waals surface area contributed by atoms with Crippen LogP contribution in [-0.4, -0.2) is 16.3 Å². The molecule has 1 heterocycles. The van der Waals surface area contributed by atoms with Crippen molar-refractivity contribution in [3.8, 4) is 0 Å². The molecule has 0 bridgehead atoms. The number of hydrogen-bond acceptors (Lipinski definition) is 2. The van der Waals surface area contributed by atoms with Crippen LogP contribution in [0.2, 0.25) is 0 Å². The minimum Gasteiger partial charge on any atom is -0.309 e. The zero-order chi connectivity index (χ0) is 12.0. The maximum absolute atomic E-state index is 4.42. The van der Waals surface area contributed by atoms with Crippen molar-refractivity contribution < 1.29 is 0 Å². The monoisotopic (exact) mass is 223 g/mol. The van der Waals surface area contributed by atoms with E-state index >= 15 is 0 Å². The molecule has 0 aliphatic carbocycles. The normalized spacial score (nSPS) is 13.0. The molecule has 0 amide bonds. The van der Waals surface area contributed by atoms with E-state index in [1.165, 1.54) is 31.4 Å². The van der Waals surface area contributed by atoms with E-state index in [9.17, 15) is 0 Å². The van der Waals surface area contributed by atoms with Crippen LogP contribution in [0, 0.1) is 6.92 Å². The summed E-state index contributed by atoms with van der Waals surface area (Å²) in [5.41, 5.74) is 2.43. The van der Waals surface area contributed by atoms with E-state index in [0.717, 1.165) is 12.2 Å². The summed E-state index contributed by atoms with van der Waals surface area (Å²) in [6.45, 7) is 7.59. The third-order valence-electron chi connectivity index (χ3n) is 2.88. The van der Waals surface area contributed by atoms with Crippen molar-refractivity contribution in [2.75, 3.05) is 6.54 Å². The van der Waals surface area contributed by atoms with Crippen LogP contribution in [0.4, 0.5) is 0 Å². The number of nitrogens with one attached hydrogen (secondary N) is 1. The largest absolute Gasteiger partial charge is 0.309 e. The van der Waals surface area contributed by atoms with Gasteiger partial charge in [-0.3, -0.25) is 4.68 Å². The van der Waals surface area contributed by atoms with E-state index < -0.39 is 0 Å². The fourth-order valence-electron chi connectivity index (χ4n) is 2.04. The number of rotatable bonds is 7. The first-order chi connectivity index (χ1) is 7.69. The summed E-state index contributed by atoms with van der Waals surface area (Å²) >= 11 is 0. The smallest absolute Gasteiger partial charge is 0.0597 e. The van der Waals surface area contributed by atoms with Crippen LogP contribution in [0.5, 0.6) is 0 Å². The van der Waals surface area contributed by atoms with Gasteiger partial charge >= 0.3 is 0 Å². The van der Waals surface area contributed by atoms with Gasteiger partial charge in [-0.05, 0) is 32.4 Å². The zero-order valence-corrected chi connectivity index (χ0v) is 11.1. The zero-order valence-electron chi connectivity index (χ0n) is 11.1. The van der Waals surface area contributed by atoms with Crippen molar-refractivity contribution in [3.05, 3.63) is 17.5 Å². The minimum atomic E-state index is 0.464. The summed E-state index contributed by atoms with van der Waals surface area (Å²) in [5, 5.41) is 8.04. The number of hydrogen-bond donors (Lipinski definition) is 1. The van der Waals surface area contributed by atoms with Crippen LogP contribution in [0.15, 0.2) is 6.07 Å². The second-order valence-electron chi connectivity index (χ2n) is 4.48. The van der Waals surface area contributed by atoms with Gasteiger partial charge in [0.25, 0.3) is 0 Å². The summed E-state index contributed by atoms with van der Waals surface area (Å²) in [6, 6.07) is 2.66. The predicted molar refractivity (Wildman–Crippen MR) is 68.5 cm³/mol. The highest BCUT2D eigenvalue weighted by atomic mass is 15.3. The molecule has 1 unspecified atom stereocenters. The lowest BCUT2D eigenvalue weighted by Crippen LogP contribution is -2.24. The molecular formula is C13H25N3. The van der Waals surface area contributed by atoms with E-state index in [1.54, 1.807) is 0 Å². The van der Waals surface area contributed by atoms with Gasteiger partial charge in [-0.2, -0.15) is 5.10 Å². The molecule has 1 aromatic rings. The average Bonchev–Trinajstić information content (AvgIpc) is 2.58. The first-order valence-electron chi connectivity index (χ1n) is 6.43. The van der Waals surface area contributed by atoms with Crippen LogP contribution in [-0.2, 0) is 7.05 Å². The summed E-state index contributed by atoms with van der Waals surface area (Å²) in [6.07, 6.45) is 4.90. The Morgan fingerprint density at radius 2 is 2.12 bits per heavy atom. The lowest BCUT2D eigenvalue weighted by Gasteiger charge is -2.18. The Morgan fingerprint density at radius 3 is 2.62 bits per heavy atom. The quantitative estimate of drug-likeness (QED) is 0.770. The molecule has 1 atom stereocenters. The second-order valence-corrected chi connectivity index (χ2v) is 4.48. The Labute approximate surface area is 99.2 Å². The Kier molecular flexibility index (Phi) is 5.53. The molecule has 1 aromatic heterocycles. The molecule has 1 N–H and O–H groups in total. The first-order valence-corrected chi connectivity index (χ1v) is 6.43. The lowest BCUT2D eigenvalue weighted by atomic mass is 10.1. The van der Waals surface area contributed by atoms with Gasteiger partial charge in [0.1, 0.15) is 0 Å². The molecule has 0 saturated carbocycles. The Balaban J connectivity index is 2.70. The molecule has 0 fully saturated rings. The standard InChI is InChI=1S/C13H25N3/c1-5-7-8-12(14-9-6-2)13-10-11(3)15-16(13)4/h10,12,14H,5-9H2,1-4H3. The summed E-state index contributed by atoms with van der Waals surface area (Å²) in [4.78, 5) is 0. The molecule has 3 nitrogen and oxygen atoms in total. The molecule has 0 spiro atoms. The van der Waals surface area contributed by atoms with Crippen molar-refractivity contribution in [3.63, 3.8) is 0 Å². The molecule has 1 rings (SSSR count). The fraction of sp³-hybridized carbons (Fsp3) is 0.769. The highest BCUT2D eigenvalue weighted by Gasteiger charge is 2.14. The Hall–Kier alpha value is -0.830. The molecule has 0 aliphatic heterocycles. The van der Waals surface area contributed by atoms with E-state index in [1.807, 2.05) is 11.7 Å². The summed E-state index contributed by atoms with van der Waals surface area (Å²) < 4.78 is 2.01. The fourth-order valence-corrected chi connectivity index (χ4v) is 2.04. The van der Waals surface area contributed by atoms with Gasteiger partial charge in [0, 0.05) is 13.1 Å². The maximum atomic E-state index is 4.42. The number of aryl methyl sites for hydroxylation is 2. The predicted octanol–water partition coefficient (Wildman–Crippen LogP) is 2.96. The van der Waals surface area contributed by atoms with Gasteiger partial charge in [-0.25, -0.2) is 0 Å². The van der Waals surface area contributed by atoms with E-state index in [-0.39, 0.29) is 0 Å². The van der Waals surface area contributed by atoms with Crippen LogP contribution in [0.3, 0.4) is 0 Å². The van der Waals surface area contributed by atoms with Crippen LogP contribution in [0.25, 0.3) is 0 Å². The molecule has 3 heteroatoms. The van der Waals surface area contributed by atoms with E-state index in [4.69, 9.17) is 0 Å². The maximum Gasteiger partial charge on any atom is 0.0597 e. The van der Waals surface area contributed by atoms with Gasteiger partial charge in [0.05, 0.1) is 11.4 Å². The van der Waals surface area contributed by atoms with E-state index in [2.05, 4.69) is 37.3 Å². The molecule has 92 valence electrons. The highest BCUT2D eigenvalue weighted by molar-refractivity contribution is 5.13. The second kappa shape index (κ2) is 6.69. The molecular weight excluding hydrogens is 198 g/mol. The van der Waals surface area contributed by atoms with Gasteiger partial charge in [-0.15, -0.1) is 0 Å². The van der Waals surface area contributed by atoms with Gasteiger partial charge < -0.3 is 5.32 Å². The Bertz CT molecular complexity index is 296. The first kappa shape index (κ1) is 13.2. The third-order valence-corrected chi connectivity index (χ3v) is 2.88. The van der Waals surface area contributed by atoms with Crippen molar-refractivity contribution in [1.29, 1.82) is 0 Å². The summed E-state index contributed by atoms with van der Waals surface area (Å²) in [5.74, 6) is 0. The van der Waals surface area contributed by atoms with Gasteiger partial charge in [0.15, 0.2) is 0 Å². The lowest BCUT2D eigenvalue weighted by molar-refractivity contribution is 0.454. The summed E-state index contributed by atoms with van der Waals surface area (Å²) in [7, 11) is 2.04. The van der Waals surface area contributed by atoms with Crippen molar-refractivity contribution in [1.82, 2.24) is 15.1 Å². The van der Waals surface area contributed by atoms with Gasteiger partial charge in [-0.1, -0.05) is 26.7 Å².